The van der Waals surface area contributed by atoms with Gasteiger partial charge in [-0.3, -0.25) is 4.57 Å². The Hall–Kier alpha value is -1.95. The summed E-state index contributed by atoms with van der Waals surface area (Å²) in [4.78, 5) is 19.0. The number of imidazole rings is 1. The first kappa shape index (κ1) is 23.7. The molecule has 0 amide bonds. The number of nitrogens with two attached hydrogens (primary N) is 1. The lowest BCUT2D eigenvalue weighted by molar-refractivity contribution is -0.746. The summed E-state index contributed by atoms with van der Waals surface area (Å²) >= 11 is 0. The highest BCUT2D eigenvalue weighted by atomic mass is 31.1. The van der Waals surface area contributed by atoms with Gasteiger partial charge in [-0.2, -0.15) is 0 Å². The van der Waals surface area contributed by atoms with E-state index in [1.807, 2.05) is 34.6 Å². The molecule has 12 nitrogen and oxygen atoms in total. The average Bonchev–Trinajstić information content (AvgIpc) is 3.18. The van der Waals surface area contributed by atoms with Gasteiger partial charge in [0, 0.05) is 5.88 Å². The molecule has 0 aromatic carbocycles. The van der Waals surface area contributed by atoms with Crippen molar-refractivity contribution in [2.45, 2.75) is 77.9 Å². The number of anilines is 1. The Morgan fingerprint density at radius 1 is 1.26 bits per heavy atom. The fraction of sp³-hybridized carbons (Fsp3) is 0.722. The van der Waals surface area contributed by atoms with E-state index in [9.17, 15) is 14.6 Å². The first-order chi connectivity index (χ1) is 14.6. The SMILES string of the molecule is CCn1c[n+](C2OC(CO[P+](=O)[O-])C(OC(C)C)C2OC(C)C)c2nc(N)nc([O-])c21. The van der Waals surface area contributed by atoms with Crippen molar-refractivity contribution >= 4 is 25.4 Å². The van der Waals surface area contributed by atoms with Crippen molar-refractivity contribution in [1.82, 2.24) is 14.5 Å². The van der Waals surface area contributed by atoms with Crippen LogP contribution in [0.1, 0.15) is 40.8 Å². The summed E-state index contributed by atoms with van der Waals surface area (Å²) in [6.45, 7) is 9.60. The predicted octanol–water partition coefficient (Wildman–Crippen LogP) is -0.0866. The number of nitrogens with zero attached hydrogens (tertiary/aromatic N) is 4. The number of ether oxygens (including phenoxy) is 3. The maximum atomic E-state index is 12.5. The van der Waals surface area contributed by atoms with Crippen LogP contribution in [0.15, 0.2) is 6.33 Å². The van der Waals surface area contributed by atoms with E-state index in [2.05, 4.69) is 9.97 Å². The molecule has 1 aliphatic rings. The van der Waals surface area contributed by atoms with Crippen molar-refractivity contribution in [3.8, 4) is 5.88 Å². The molecule has 3 heterocycles. The highest BCUT2D eigenvalue weighted by molar-refractivity contribution is 7.30. The monoisotopic (exact) mass is 457 g/mol. The van der Waals surface area contributed by atoms with Gasteiger partial charge in [-0.15, -0.1) is 4.52 Å². The van der Waals surface area contributed by atoms with Crippen LogP contribution in [0.3, 0.4) is 0 Å². The van der Waals surface area contributed by atoms with Crippen molar-refractivity contribution in [3.05, 3.63) is 6.33 Å². The minimum atomic E-state index is -3.06. The van der Waals surface area contributed by atoms with E-state index in [4.69, 9.17) is 24.5 Å². The fourth-order valence-electron chi connectivity index (χ4n) is 3.70. The normalized spacial score (nSPS) is 24.6. The molecule has 0 spiro atoms. The Morgan fingerprint density at radius 3 is 2.48 bits per heavy atom. The Kier molecular flexibility index (Phi) is 7.40. The van der Waals surface area contributed by atoms with E-state index in [1.165, 1.54) is 0 Å². The highest BCUT2D eigenvalue weighted by Gasteiger charge is 2.51. The third-order valence-electron chi connectivity index (χ3n) is 4.75. The number of hydrogen-bond donors (Lipinski definition) is 1. The molecule has 0 aliphatic carbocycles. The first-order valence-electron chi connectivity index (χ1n) is 10.1. The van der Waals surface area contributed by atoms with Crippen molar-refractivity contribution in [2.75, 3.05) is 12.3 Å². The van der Waals surface area contributed by atoms with Gasteiger partial charge in [-0.05, 0) is 39.2 Å². The van der Waals surface area contributed by atoms with Gasteiger partial charge in [0.2, 0.25) is 6.23 Å². The van der Waals surface area contributed by atoms with Gasteiger partial charge in [-0.1, -0.05) is 4.98 Å². The van der Waals surface area contributed by atoms with Crippen molar-refractivity contribution in [2.24, 2.45) is 0 Å². The Bertz CT molecular complexity index is 938. The lowest BCUT2D eigenvalue weighted by Crippen LogP contribution is -2.48. The van der Waals surface area contributed by atoms with E-state index in [0.717, 1.165) is 0 Å². The predicted molar refractivity (Wildman–Crippen MR) is 105 cm³/mol. The van der Waals surface area contributed by atoms with Crippen molar-refractivity contribution < 1.29 is 37.9 Å². The highest BCUT2D eigenvalue weighted by Crippen LogP contribution is 2.34. The zero-order chi connectivity index (χ0) is 22.9. The lowest BCUT2D eigenvalue weighted by Gasteiger charge is -2.26. The van der Waals surface area contributed by atoms with Gasteiger partial charge >= 0.3 is 13.9 Å². The smallest absolute Gasteiger partial charge is 0.488 e. The molecule has 5 atom stereocenters. The Balaban J connectivity index is 2.10. The molecular formula is C18H28N5O7P. The number of aromatic nitrogens is 4. The van der Waals surface area contributed by atoms with Crippen LogP contribution >= 0.6 is 8.25 Å². The van der Waals surface area contributed by atoms with Gasteiger partial charge in [0.25, 0.3) is 5.95 Å². The summed E-state index contributed by atoms with van der Waals surface area (Å²) in [5.74, 6) is -0.654. The van der Waals surface area contributed by atoms with Crippen LogP contribution in [0.5, 0.6) is 5.88 Å². The Morgan fingerprint density at radius 2 is 1.90 bits per heavy atom. The van der Waals surface area contributed by atoms with Crippen LogP contribution < -0.4 is 20.3 Å². The molecule has 172 valence electrons. The lowest BCUT2D eigenvalue weighted by atomic mass is 10.1. The number of aryl methyl sites for hydroxylation is 1. The molecule has 0 radical (unpaired) electrons. The summed E-state index contributed by atoms with van der Waals surface area (Å²) in [5.41, 5.74) is 6.31. The molecule has 13 heteroatoms. The third-order valence-corrected chi connectivity index (χ3v) is 5.11. The zero-order valence-electron chi connectivity index (χ0n) is 18.1. The van der Waals surface area contributed by atoms with E-state index < -0.39 is 38.7 Å². The summed E-state index contributed by atoms with van der Waals surface area (Å²) < 4.78 is 37.5. The molecule has 1 fully saturated rings. The number of hydrogen-bond acceptors (Lipinski definition) is 10. The molecule has 0 bridgehead atoms. The standard InChI is InChI=1S/C18H28N5O7P/c1-6-22-8-23(15-12(22)16(24)21-18(19)20-15)17-14(29-10(4)5)13(28-9(2)3)11(30-17)7-27-31(25)26/h8-11,13-14,17H,6-7H2,1-5H3,(H2-,19,20,21,24). The molecule has 1 aliphatic heterocycles. The maximum Gasteiger partial charge on any atom is 0.488 e. The average molecular weight is 457 g/mol. The second-order valence-corrected chi connectivity index (χ2v) is 8.46. The number of fused-ring (bicyclic) bond motifs is 1. The molecule has 2 aromatic rings. The van der Waals surface area contributed by atoms with Crippen LogP contribution in [0.4, 0.5) is 5.95 Å². The van der Waals surface area contributed by atoms with Crippen LogP contribution in [0.25, 0.3) is 11.2 Å². The van der Waals surface area contributed by atoms with E-state index in [0.29, 0.717) is 12.2 Å². The van der Waals surface area contributed by atoms with E-state index in [-0.39, 0.29) is 30.3 Å². The van der Waals surface area contributed by atoms with Crippen LogP contribution in [-0.4, -0.2) is 51.7 Å². The second kappa shape index (κ2) is 9.68. The van der Waals surface area contributed by atoms with Crippen LogP contribution in [0, 0.1) is 0 Å². The van der Waals surface area contributed by atoms with E-state index >= 15 is 0 Å². The largest absolute Gasteiger partial charge is 0.856 e. The summed E-state index contributed by atoms with van der Waals surface area (Å²) in [6.07, 6.45) is -1.43. The molecule has 31 heavy (non-hydrogen) atoms. The molecule has 3 rings (SSSR count). The summed E-state index contributed by atoms with van der Waals surface area (Å²) in [6, 6.07) is 0. The van der Waals surface area contributed by atoms with E-state index in [1.54, 1.807) is 15.5 Å². The molecule has 2 N–H and O–H groups in total. The van der Waals surface area contributed by atoms with Gasteiger partial charge < -0.3 is 29.9 Å². The third kappa shape index (κ3) is 5.11. The first-order valence-corrected chi connectivity index (χ1v) is 11.2. The quantitative estimate of drug-likeness (QED) is 0.398. The van der Waals surface area contributed by atoms with Gasteiger partial charge in [0.05, 0.1) is 18.8 Å². The molecule has 1 saturated heterocycles. The number of rotatable bonds is 9. The van der Waals surface area contributed by atoms with Gasteiger partial charge in [0.15, 0.2) is 11.8 Å². The summed E-state index contributed by atoms with van der Waals surface area (Å²) in [5, 5.41) is 12.5. The zero-order valence-corrected chi connectivity index (χ0v) is 19.0. The molecule has 5 unspecified atom stereocenters. The summed E-state index contributed by atoms with van der Waals surface area (Å²) in [7, 11) is -3.06. The minimum Gasteiger partial charge on any atom is -0.856 e. The maximum absolute atomic E-state index is 12.5. The van der Waals surface area contributed by atoms with Gasteiger partial charge in [0.1, 0.15) is 24.9 Å². The Labute approximate surface area is 180 Å². The van der Waals surface area contributed by atoms with Gasteiger partial charge in [-0.25, -0.2) is 9.55 Å². The fourth-order valence-corrected chi connectivity index (χ4v) is 3.97. The van der Waals surface area contributed by atoms with Crippen molar-refractivity contribution in [3.63, 3.8) is 0 Å². The van der Waals surface area contributed by atoms with Crippen molar-refractivity contribution in [1.29, 1.82) is 0 Å². The molecule has 2 aromatic heterocycles. The second-order valence-electron chi connectivity index (χ2n) is 7.75. The minimum absolute atomic E-state index is 0.155. The molecular weight excluding hydrogens is 429 g/mol. The van der Waals surface area contributed by atoms with Crippen LogP contribution in [0.2, 0.25) is 0 Å². The molecule has 0 saturated carbocycles. The topological polar surface area (TPSA) is 161 Å². The van der Waals surface area contributed by atoms with Crippen LogP contribution in [-0.2, 0) is 29.8 Å². The number of nitrogen functional groups attached to an aromatic ring is 1.